The summed E-state index contributed by atoms with van der Waals surface area (Å²) in [5.41, 5.74) is 5.54. The van der Waals surface area contributed by atoms with E-state index in [0.717, 1.165) is 58.6 Å². The van der Waals surface area contributed by atoms with Gasteiger partial charge >= 0.3 is 0 Å². The van der Waals surface area contributed by atoms with E-state index in [-0.39, 0.29) is 5.91 Å². The summed E-state index contributed by atoms with van der Waals surface area (Å²) in [5, 5.41) is 1.15. The van der Waals surface area contributed by atoms with Crippen molar-refractivity contribution in [3.05, 3.63) is 70.6 Å². The first-order valence-corrected chi connectivity index (χ1v) is 10.7. The Kier molecular flexibility index (Phi) is 5.69. The van der Waals surface area contributed by atoms with E-state index in [0.29, 0.717) is 0 Å². The van der Waals surface area contributed by atoms with Crippen LogP contribution in [0.5, 0.6) is 0 Å². The molecule has 0 atom stereocenters. The quantitative estimate of drug-likeness (QED) is 0.601. The molecule has 150 valence electrons. The second-order valence-electron chi connectivity index (χ2n) is 7.38. The van der Waals surface area contributed by atoms with Crippen molar-refractivity contribution in [3.63, 3.8) is 0 Å². The maximum atomic E-state index is 13.4. The number of aryl methyl sites for hydroxylation is 1. The predicted octanol–water partition coefficient (Wildman–Crippen LogP) is 5.15. The fourth-order valence-electron chi connectivity index (χ4n) is 3.69. The van der Waals surface area contributed by atoms with Crippen LogP contribution in [0.2, 0.25) is 0 Å². The van der Waals surface area contributed by atoms with E-state index < -0.39 is 0 Å². The molecule has 0 bridgehead atoms. The van der Waals surface area contributed by atoms with Gasteiger partial charge in [-0.15, -0.1) is 11.3 Å². The van der Waals surface area contributed by atoms with Gasteiger partial charge in [0.2, 0.25) is 0 Å². The van der Waals surface area contributed by atoms with Crippen molar-refractivity contribution in [1.29, 1.82) is 0 Å². The lowest BCUT2D eigenvalue weighted by Crippen LogP contribution is -2.35. The van der Waals surface area contributed by atoms with E-state index in [2.05, 4.69) is 43.0 Å². The number of hydrogen-bond acceptors (Lipinski definition) is 4. The summed E-state index contributed by atoms with van der Waals surface area (Å²) in [6.45, 7) is 7.28. The molecule has 0 spiro atoms. The fraction of sp³-hybridized carbons (Fsp3) is 0.292. The minimum atomic E-state index is 0.0281. The van der Waals surface area contributed by atoms with E-state index in [9.17, 15) is 4.79 Å². The van der Waals surface area contributed by atoms with Gasteiger partial charge < -0.3 is 14.5 Å². The number of anilines is 2. The predicted molar refractivity (Wildman–Crippen MR) is 121 cm³/mol. The Hall–Kier alpha value is -2.63. The van der Waals surface area contributed by atoms with E-state index in [1.54, 1.807) is 16.2 Å². The first-order valence-electron chi connectivity index (χ1n) is 9.92. The van der Waals surface area contributed by atoms with E-state index in [1.165, 1.54) is 5.56 Å². The van der Waals surface area contributed by atoms with Gasteiger partial charge in [-0.1, -0.05) is 42.5 Å². The number of nitrogens with zero attached hydrogens (tertiary/aromatic N) is 2. The van der Waals surface area contributed by atoms with Crippen LogP contribution in [-0.4, -0.2) is 39.3 Å². The Labute approximate surface area is 176 Å². The largest absolute Gasteiger partial charge is 0.378 e. The van der Waals surface area contributed by atoms with Gasteiger partial charge in [0.15, 0.2) is 0 Å². The average molecular weight is 407 g/mol. The van der Waals surface area contributed by atoms with Crippen LogP contribution in [0, 0.1) is 13.8 Å². The SMILES string of the molecule is Cc1cccc(N(C)C(=O)c2cc(-c3ccccc3)c(N3CCOCC3)s2)c1C. The molecule has 2 aromatic carbocycles. The van der Waals surface area contributed by atoms with Crippen LogP contribution in [0.25, 0.3) is 11.1 Å². The molecular formula is C24H26N2O2S. The third kappa shape index (κ3) is 3.93. The minimum Gasteiger partial charge on any atom is -0.378 e. The maximum absolute atomic E-state index is 13.4. The van der Waals surface area contributed by atoms with Crippen LogP contribution in [-0.2, 0) is 4.74 Å². The van der Waals surface area contributed by atoms with Crippen LogP contribution >= 0.6 is 11.3 Å². The lowest BCUT2D eigenvalue weighted by molar-refractivity contribution is 0.0996. The molecule has 0 N–H and O–H groups in total. The van der Waals surface area contributed by atoms with Gasteiger partial charge in [-0.25, -0.2) is 0 Å². The standard InChI is InChI=1S/C24H26N2O2S/c1-17-8-7-11-21(18(17)2)25(3)23(27)22-16-20(19-9-5-4-6-10-19)24(29-22)26-12-14-28-15-13-26/h4-11,16H,12-15H2,1-3H3. The maximum Gasteiger partial charge on any atom is 0.268 e. The summed E-state index contributed by atoms with van der Waals surface area (Å²) in [7, 11) is 1.86. The third-order valence-corrected chi connectivity index (χ3v) is 6.73. The molecule has 0 aliphatic carbocycles. The highest BCUT2D eigenvalue weighted by Crippen LogP contribution is 2.40. The molecule has 1 saturated heterocycles. The monoisotopic (exact) mass is 406 g/mol. The van der Waals surface area contributed by atoms with Crippen molar-refractivity contribution in [3.8, 4) is 11.1 Å². The van der Waals surface area contributed by atoms with Crippen LogP contribution in [0.1, 0.15) is 20.8 Å². The summed E-state index contributed by atoms with van der Waals surface area (Å²) < 4.78 is 5.53. The molecule has 5 heteroatoms. The summed E-state index contributed by atoms with van der Waals surface area (Å²) in [5.74, 6) is 0.0281. The van der Waals surface area contributed by atoms with Crippen LogP contribution in [0.15, 0.2) is 54.6 Å². The van der Waals surface area contributed by atoms with Gasteiger partial charge in [0, 0.05) is 31.4 Å². The highest BCUT2D eigenvalue weighted by atomic mass is 32.1. The van der Waals surface area contributed by atoms with Crippen molar-refractivity contribution in [2.45, 2.75) is 13.8 Å². The minimum absolute atomic E-state index is 0.0281. The Balaban J connectivity index is 1.73. The lowest BCUT2D eigenvalue weighted by atomic mass is 10.1. The summed E-state index contributed by atoms with van der Waals surface area (Å²) in [6.07, 6.45) is 0. The van der Waals surface area contributed by atoms with Crippen molar-refractivity contribution in [2.24, 2.45) is 0 Å². The van der Waals surface area contributed by atoms with Gasteiger partial charge in [0.25, 0.3) is 5.91 Å². The Morgan fingerprint density at radius 3 is 2.48 bits per heavy atom. The van der Waals surface area contributed by atoms with Crippen molar-refractivity contribution < 1.29 is 9.53 Å². The highest BCUT2D eigenvalue weighted by molar-refractivity contribution is 7.18. The molecule has 0 unspecified atom stereocenters. The number of hydrogen-bond donors (Lipinski definition) is 0. The van der Waals surface area contributed by atoms with Crippen LogP contribution < -0.4 is 9.80 Å². The summed E-state index contributed by atoms with van der Waals surface area (Å²) in [4.78, 5) is 18.2. The summed E-state index contributed by atoms with van der Waals surface area (Å²) in [6, 6.07) is 18.5. The second-order valence-corrected chi connectivity index (χ2v) is 8.41. The highest BCUT2D eigenvalue weighted by Gasteiger charge is 2.24. The third-order valence-electron chi connectivity index (χ3n) is 5.55. The van der Waals surface area contributed by atoms with E-state index in [1.807, 2.05) is 37.4 Å². The molecule has 0 saturated carbocycles. The molecule has 1 aromatic heterocycles. The van der Waals surface area contributed by atoms with E-state index in [4.69, 9.17) is 4.74 Å². The number of ether oxygens (including phenoxy) is 1. The van der Waals surface area contributed by atoms with Gasteiger partial charge in [-0.2, -0.15) is 0 Å². The fourth-order valence-corrected chi connectivity index (χ4v) is 4.89. The molecule has 0 radical (unpaired) electrons. The number of carbonyl (C=O) groups excluding carboxylic acids is 1. The van der Waals surface area contributed by atoms with Crippen molar-refractivity contribution in [1.82, 2.24) is 0 Å². The van der Waals surface area contributed by atoms with Gasteiger partial charge in [-0.05, 0) is 42.7 Å². The number of amides is 1. The lowest BCUT2D eigenvalue weighted by Gasteiger charge is -2.28. The molecule has 4 rings (SSSR count). The van der Waals surface area contributed by atoms with Crippen molar-refractivity contribution >= 4 is 27.9 Å². The topological polar surface area (TPSA) is 32.8 Å². The Morgan fingerprint density at radius 2 is 1.76 bits per heavy atom. The average Bonchev–Trinajstić information content (AvgIpc) is 3.21. The second kappa shape index (κ2) is 8.39. The van der Waals surface area contributed by atoms with Crippen LogP contribution in [0.3, 0.4) is 0 Å². The van der Waals surface area contributed by atoms with Crippen LogP contribution in [0.4, 0.5) is 10.7 Å². The molecule has 29 heavy (non-hydrogen) atoms. The van der Waals surface area contributed by atoms with Crippen molar-refractivity contribution in [2.75, 3.05) is 43.2 Å². The smallest absolute Gasteiger partial charge is 0.268 e. The van der Waals surface area contributed by atoms with Gasteiger partial charge in [0.1, 0.15) is 0 Å². The van der Waals surface area contributed by atoms with Gasteiger partial charge in [-0.3, -0.25) is 4.79 Å². The summed E-state index contributed by atoms with van der Waals surface area (Å²) >= 11 is 1.58. The van der Waals surface area contributed by atoms with Gasteiger partial charge in [0.05, 0.1) is 23.1 Å². The molecule has 1 amide bonds. The number of carbonyl (C=O) groups is 1. The molecule has 1 fully saturated rings. The first-order chi connectivity index (χ1) is 14.1. The normalized spacial score (nSPS) is 14.1. The number of benzene rings is 2. The molecule has 2 heterocycles. The zero-order chi connectivity index (χ0) is 20.4. The molecule has 1 aliphatic heterocycles. The Bertz CT molecular complexity index is 1010. The molecule has 3 aromatic rings. The zero-order valence-electron chi connectivity index (χ0n) is 17.1. The molecule has 1 aliphatic rings. The number of rotatable bonds is 4. The molecular weight excluding hydrogens is 380 g/mol. The van der Waals surface area contributed by atoms with E-state index >= 15 is 0 Å². The first kappa shape index (κ1) is 19.7. The number of morpholine rings is 1. The number of thiophene rings is 1. The zero-order valence-corrected chi connectivity index (χ0v) is 18.0. The Morgan fingerprint density at radius 1 is 1.03 bits per heavy atom. The molecule has 4 nitrogen and oxygen atoms in total.